The number of imide groups is 1. The van der Waals surface area contributed by atoms with Crippen molar-refractivity contribution in [1.29, 1.82) is 0 Å². The van der Waals surface area contributed by atoms with Crippen molar-refractivity contribution in [3.63, 3.8) is 0 Å². The summed E-state index contributed by atoms with van der Waals surface area (Å²) < 4.78 is 0. The van der Waals surface area contributed by atoms with Crippen LogP contribution in [0.5, 0.6) is 0 Å². The first kappa shape index (κ1) is 13.6. The average Bonchev–Trinajstić information content (AvgIpc) is 2.60. The third-order valence-electron chi connectivity index (χ3n) is 2.82. The molecule has 0 radical (unpaired) electrons. The Kier molecular flexibility index (Phi) is 3.90. The van der Waals surface area contributed by atoms with Crippen molar-refractivity contribution >= 4 is 29.4 Å². The Balaban J connectivity index is 2.21. The first-order valence-electron chi connectivity index (χ1n) is 5.97. The summed E-state index contributed by atoms with van der Waals surface area (Å²) in [4.78, 5) is 30.3. The number of hydrogen-bond donors (Lipinski definition) is 1. The van der Waals surface area contributed by atoms with E-state index in [1.807, 2.05) is 6.92 Å². The number of urea groups is 1. The maximum Gasteiger partial charge on any atom is 0.327 e. The zero-order chi connectivity index (χ0) is 14.0. The zero-order valence-corrected chi connectivity index (χ0v) is 11.6. The second-order valence-electron chi connectivity index (χ2n) is 4.27. The zero-order valence-electron chi connectivity index (χ0n) is 10.8. The van der Waals surface area contributed by atoms with Crippen LogP contribution in [0.1, 0.15) is 12.6 Å². The quantitative estimate of drug-likeness (QED) is 0.851. The monoisotopic (exact) mass is 282 g/mol. The largest absolute Gasteiger partial charge is 0.370 e. The number of likely N-dealkylation sites (N-methyl/N-ethyl adjacent to an activating group) is 1. The minimum atomic E-state index is -0.322. The molecule has 0 aliphatic carbocycles. The molecule has 2 rings (SSSR count). The highest BCUT2D eigenvalue weighted by Gasteiger charge is 2.34. The van der Waals surface area contributed by atoms with Crippen LogP contribution in [0.2, 0.25) is 5.02 Å². The van der Waals surface area contributed by atoms with Crippen LogP contribution < -0.4 is 5.32 Å². The maximum absolute atomic E-state index is 11.8. The minimum Gasteiger partial charge on any atom is -0.370 e. The molecule has 19 heavy (non-hydrogen) atoms. The van der Waals surface area contributed by atoms with Crippen molar-refractivity contribution in [3.05, 3.63) is 22.8 Å². The molecular formula is C12H15ClN4O2. The van der Waals surface area contributed by atoms with Crippen molar-refractivity contribution in [2.45, 2.75) is 13.5 Å². The van der Waals surface area contributed by atoms with Gasteiger partial charge in [-0.05, 0) is 19.1 Å². The standard InChI is InChI=1S/C12H15ClN4O2/c1-3-14-10-5-4-8(13)9(15-10)6-17-11(18)7-16(2)12(17)19/h4-5H,3,6-7H2,1-2H3,(H,14,15). The van der Waals surface area contributed by atoms with Gasteiger partial charge in [-0.25, -0.2) is 9.78 Å². The number of rotatable bonds is 4. The summed E-state index contributed by atoms with van der Waals surface area (Å²) in [7, 11) is 1.59. The van der Waals surface area contributed by atoms with E-state index in [1.165, 1.54) is 4.90 Å². The summed E-state index contributed by atoms with van der Waals surface area (Å²) in [5, 5.41) is 3.50. The molecule has 1 aromatic rings. The summed E-state index contributed by atoms with van der Waals surface area (Å²) in [6.07, 6.45) is 0. The second-order valence-corrected chi connectivity index (χ2v) is 4.68. The SMILES string of the molecule is CCNc1ccc(Cl)c(CN2C(=O)CN(C)C2=O)n1. The fraction of sp³-hybridized carbons (Fsp3) is 0.417. The average molecular weight is 283 g/mol. The third kappa shape index (κ3) is 2.78. The van der Waals surface area contributed by atoms with Gasteiger partial charge in [0.1, 0.15) is 12.4 Å². The van der Waals surface area contributed by atoms with E-state index in [-0.39, 0.29) is 25.0 Å². The highest BCUT2D eigenvalue weighted by atomic mass is 35.5. The number of halogens is 1. The molecular weight excluding hydrogens is 268 g/mol. The highest BCUT2D eigenvalue weighted by molar-refractivity contribution is 6.31. The van der Waals surface area contributed by atoms with Gasteiger partial charge < -0.3 is 10.2 Å². The summed E-state index contributed by atoms with van der Waals surface area (Å²) in [5.74, 6) is 0.438. The Labute approximate surface area is 116 Å². The molecule has 2 heterocycles. The summed E-state index contributed by atoms with van der Waals surface area (Å²) >= 11 is 6.05. The van der Waals surface area contributed by atoms with Gasteiger partial charge in [0, 0.05) is 13.6 Å². The number of pyridine rings is 1. The fourth-order valence-electron chi connectivity index (χ4n) is 1.85. The first-order valence-corrected chi connectivity index (χ1v) is 6.35. The van der Waals surface area contributed by atoms with Crippen LogP contribution in [0.15, 0.2) is 12.1 Å². The number of aromatic nitrogens is 1. The van der Waals surface area contributed by atoms with E-state index in [0.29, 0.717) is 16.5 Å². The van der Waals surface area contributed by atoms with Gasteiger partial charge in [0.2, 0.25) is 0 Å². The van der Waals surface area contributed by atoms with E-state index in [2.05, 4.69) is 10.3 Å². The Bertz CT molecular complexity index is 520. The smallest absolute Gasteiger partial charge is 0.327 e. The lowest BCUT2D eigenvalue weighted by Gasteiger charge is -2.15. The Morgan fingerprint density at radius 1 is 1.42 bits per heavy atom. The van der Waals surface area contributed by atoms with Crippen LogP contribution in [-0.4, -0.2) is 46.9 Å². The predicted octanol–water partition coefficient (Wildman–Crippen LogP) is 1.56. The number of nitrogens with zero attached hydrogens (tertiary/aromatic N) is 3. The van der Waals surface area contributed by atoms with E-state index in [9.17, 15) is 9.59 Å². The molecule has 102 valence electrons. The molecule has 1 aliphatic rings. The van der Waals surface area contributed by atoms with Crippen molar-refractivity contribution in [1.82, 2.24) is 14.8 Å². The van der Waals surface area contributed by atoms with E-state index >= 15 is 0 Å². The molecule has 0 atom stereocenters. The molecule has 1 aliphatic heterocycles. The third-order valence-corrected chi connectivity index (χ3v) is 3.16. The van der Waals surface area contributed by atoms with Gasteiger partial charge in [-0.15, -0.1) is 0 Å². The molecule has 0 saturated carbocycles. The molecule has 1 saturated heterocycles. The number of carbonyl (C=O) groups excluding carboxylic acids is 2. The van der Waals surface area contributed by atoms with Crippen molar-refractivity contribution in [2.75, 3.05) is 25.5 Å². The number of amides is 3. The van der Waals surface area contributed by atoms with Gasteiger partial charge >= 0.3 is 6.03 Å². The number of hydrogen-bond acceptors (Lipinski definition) is 4. The van der Waals surface area contributed by atoms with Crippen LogP contribution >= 0.6 is 11.6 Å². The summed E-state index contributed by atoms with van der Waals surface area (Å²) in [5.41, 5.74) is 0.511. The van der Waals surface area contributed by atoms with Crippen LogP contribution in [0.3, 0.4) is 0 Å². The fourth-order valence-corrected chi connectivity index (χ4v) is 2.01. The number of anilines is 1. The number of carbonyl (C=O) groups is 2. The second kappa shape index (κ2) is 5.44. The summed E-state index contributed by atoms with van der Waals surface area (Å²) in [6, 6.07) is 3.14. The van der Waals surface area contributed by atoms with Crippen molar-refractivity contribution in [2.24, 2.45) is 0 Å². The molecule has 6 nitrogen and oxygen atoms in total. The lowest BCUT2D eigenvalue weighted by Crippen LogP contribution is -2.31. The molecule has 0 unspecified atom stereocenters. The van der Waals surface area contributed by atoms with Gasteiger partial charge in [0.05, 0.1) is 17.3 Å². The van der Waals surface area contributed by atoms with E-state index in [0.717, 1.165) is 11.4 Å². The van der Waals surface area contributed by atoms with Crippen LogP contribution in [0.25, 0.3) is 0 Å². The van der Waals surface area contributed by atoms with Gasteiger partial charge in [0.25, 0.3) is 5.91 Å². The number of nitrogens with one attached hydrogen (secondary N) is 1. The van der Waals surface area contributed by atoms with Crippen LogP contribution in [0.4, 0.5) is 10.6 Å². The predicted molar refractivity (Wildman–Crippen MR) is 72.0 cm³/mol. The Morgan fingerprint density at radius 2 is 2.16 bits per heavy atom. The van der Waals surface area contributed by atoms with Gasteiger partial charge in [0.15, 0.2) is 0 Å². The topological polar surface area (TPSA) is 65.5 Å². The molecule has 0 spiro atoms. The molecule has 3 amide bonds. The van der Waals surface area contributed by atoms with Gasteiger partial charge in [-0.1, -0.05) is 11.6 Å². The van der Waals surface area contributed by atoms with Gasteiger partial charge in [-0.3, -0.25) is 9.69 Å². The summed E-state index contributed by atoms with van der Waals surface area (Å²) in [6.45, 7) is 2.89. The van der Waals surface area contributed by atoms with Crippen LogP contribution in [-0.2, 0) is 11.3 Å². The van der Waals surface area contributed by atoms with Gasteiger partial charge in [-0.2, -0.15) is 0 Å². The normalized spacial score (nSPS) is 15.3. The molecule has 7 heteroatoms. The minimum absolute atomic E-state index is 0.0973. The molecule has 0 bridgehead atoms. The van der Waals surface area contributed by atoms with Crippen molar-refractivity contribution < 1.29 is 9.59 Å². The highest BCUT2D eigenvalue weighted by Crippen LogP contribution is 2.20. The lowest BCUT2D eigenvalue weighted by molar-refractivity contribution is -0.125. The first-order chi connectivity index (χ1) is 9.02. The molecule has 1 aromatic heterocycles. The molecule has 1 fully saturated rings. The molecule has 1 N–H and O–H groups in total. The van der Waals surface area contributed by atoms with Crippen molar-refractivity contribution in [3.8, 4) is 0 Å². The molecule has 0 aromatic carbocycles. The Hall–Kier alpha value is -1.82. The lowest BCUT2D eigenvalue weighted by atomic mass is 10.3. The van der Waals surface area contributed by atoms with E-state index in [4.69, 9.17) is 11.6 Å². The Morgan fingerprint density at radius 3 is 2.74 bits per heavy atom. The maximum atomic E-state index is 11.8. The van der Waals surface area contributed by atoms with E-state index < -0.39 is 0 Å². The van der Waals surface area contributed by atoms with E-state index in [1.54, 1.807) is 19.2 Å². The van der Waals surface area contributed by atoms with Crippen LogP contribution in [0, 0.1) is 0 Å².